The van der Waals surface area contributed by atoms with Gasteiger partial charge in [0.2, 0.25) is 5.89 Å². The maximum atomic E-state index is 5.07. The maximum absolute atomic E-state index is 5.07. The van der Waals surface area contributed by atoms with Gasteiger partial charge in [-0.1, -0.05) is 25.9 Å². The minimum absolute atomic E-state index is 0.104. The van der Waals surface area contributed by atoms with Crippen LogP contribution in [-0.4, -0.2) is 61.0 Å². The molecule has 0 aromatic carbocycles. The molecule has 0 atom stereocenters. The van der Waals surface area contributed by atoms with Crippen molar-refractivity contribution in [3.63, 3.8) is 0 Å². The Hall–Kier alpha value is -2.55. The fourth-order valence-electron chi connectivity index (χ4n) is 2.94. The van der Waals surface area contributed by atoms with Gasteiger partial charge in [-0.25, -0.2) is 0 Å². The summed E-state index contributed by atoms with van der Waals surface area (Å²) in [6.07, 6.45) is 1.43. The van der Waals surface area contributed by atoms with Crippen molar-refractivity contribution in [2.75, 3.05) is 25.0 Å². The van der Waals surface area contributed by atoms with Gasteiger partial charge in [-0.2, -0.15) is 9.50 Å². The number of aromatic nitrogens is 6. The van der Waals surface area contributed by atoms with Crippen molar-refractivity contribution in [3.05, 3.63) is 30.2 Å². The second-order valence-corrected chi connectivity index (χ2v) is 7.54. The predicted molar refractivity (Wildman–Crippen MR) is 91.2 cm³/mol. The van der Waals surface area contributed by atoms with Crippen molar-refractivity contribution in [1.29, 1.82) is 0 Å². The zero-order chi connectivity index (χ0) is 17.6. The molecule has 4 rings (SSSR count). The van der Waals surface area contributed by atoms with Crippen LogP contribution in [0.15, 0.2) is 23.0 Å². The smallest absolute Gasteiger partial charge is 0.240 e. The van der Waals surface area contributed by atoms with Crippen LogP contribution in [0.25, 0.3) is 5.65 Å². The van der Waals surface area contributed by atoms with E-state index >= 15 is 0 Å². The molecule has 0 aliphatic carbocycles. The molecule has 1 aliphatic rings. The molecule has 0 unspecified atom stereocenters. The highest BCUT2D eigenvalue weighted by molar-refractivity contribution is 5.48. The number of hydrogen-bond acceptors (Lipinski definition) is 8. The van der Waals surface area contributed by atoms with E-state index in [1.807, 2.05) is 16.6 Å². The van der Waals surface area contributed by atoms with Crippen LogP contribution in [0.2, 0.25) is 0 Å². The van der Waals surface area contributed by atoms with Gasteiger partial charge in [0.05, 0.1) is 6.54 Å². The number of rotatable bonds is 4. The molecule has 3 aromatic rings. The van der Waals surface area contributed by atoms with Crippen LogP contribution in [0.1, 0.15) is 32.5 Å². The van der Waals surface area contributed by atoms with Crippen molar-refractivity contribution >= 4 is 11.5 Å². The van der Waals surface area contributed by atoms with E-state index in [1.165, 1.54) is 6.33 Å². The van der Waals surface area contributed by atoms with Gasteiger partial charge in [0.15, 0.2) is 17.8 Å². The highest BCUT2D eigenvalue weighted by Crippen LogP contribution is 2.25. The van der Waals surface area contributed by atoms with Gasteiger partial charge in [-0.05, 0) is 19.2 Å². The number of nitrogens with zero attached hydrogens (tertiary/aromatic N) is 8. The van der Waals surface area contributed by atoms with Gasteiger partial charge in [0.1, 0.15) is 5.82 Å². The lowest BCUT2D eigenvalue weighted by Gasteiger charge is -2.44. The minimum Gasteiger partial charge on any atom is -0.352 e. The summed E-state index contributed by atoms with van der Waals surface area (Å²) in [6, 6.07) is 4.41. The van der Waals surface area contributed by atoms with Crippen LogP contribution < -0.4 is 4.90 Å². The number of hydrogen-bond donors (Lipinski definition) is 0. The summed E-state index contributed by atoms with van der Waals surface area (Å²) < 4.78 is 6.92. The highest BCUT2D eigenvalue weighted by atomic mass is 16.5. The van der Waals surface area contributed by atoms with Crippen LogP contribution in [0.4, 0.5) is 5.82 Å². The van der Waals surface area contributed by atoms with Gasteiger partial charge < -0.3 is 9.42 Å². The molecular formula is C16H22N8O. The average molecular weight is 342 g/mol. The molecule has 0 spiro atoms. The van der Waals surface area contributed by atoms with Gasteiger partial charge in [-0.15, -0.1) is 15.3 Å². The molecule has 1 saturated heterocycles. The molecule has 1 aliphatic heterocycles. The Morgan fingerprint density at radius 3 is 2.72 bits per heavy atom. The van der Waals surface area contributed by atoms with E-state index in [1.54, 1.807) is 0 Å². The fraction of sp³-hybridized carbons (Fsp3) is 0.562. The Morgan fingerprint density at radius 1 is 1.24 bits per heavy atom. The van der Waals surface area contributed by atoms with E-state index in [-0.39, 0.29) is 5.41 Å². The monoisotopic (exact) mass is 342 g/mol. The van der Waals surface area contributed by atoms with Crippen molar-refractivity contribution < 1.29 is 4.52 Å². The normalized spacial score (nSPS) is 16.0. The molecule has 25 heavy (non-hydrogen) atoms. The summed E-state index contributed by atoms with van der Waals surface area (Å²) in [5.41, 5.74) is 0.673. The molecule has 0 bridgehead atoms. The molecule has 9 heteroatoms. The number of likely N-dealkylation sites (N-methyl/N-ethyl adjacent to an activating group) is 1. The van der Waals surface area contributed by atoms with Crippen LogP contribution in [-0.2, 0) is 12.0 Å². The maximum Gasteiger partial charge on any atom is 0.240 e. The van der Waals surface area contributed by atoms with Crippen molar-refractivity contribution in [2.45, 2.75) is 38.8 Å². The second-order valence-electron chi connectivity index (χ2n) is 7.54. The van der Waals surface area contributed by atoms with Crippen LogP contribution in [0.3, 0.4) is 0 Å². The Morgan fingerprint density at radius 2 is 2.04 bits per heavy atom. The molecule has 0 N–H and O–H groups in total. The third-order valence-corrected chi connectivity index (χ3v) is 4.52. The first-order valence-corrected chi connectivity index (χ1v) is 8.35. The van der Waals surface area contributed by atoms with Gasteiger partial charge in [0.25, 0.3) is 0 Å². The third kappa shape index (κ3) is 2.95. The molecule has 0 radical (unpaired) electrons. The van der Waals surface area contributed by atoms with E-state index in [0.717, 1.165) is 30.4 Å². The quantitative estimate of drug-likeness (QED) is 0.697. The first-order chi connectivity index (χ1) is 11.9. The standard InChI is InChI=1S/C16H22N8O/c1-16(2,3)15-20-19-12-5-6-13(21-24(12)15)23-7-11(8-23)22(4)9-14-17-10-18-25-14/h5-6,10-11H,7-9H2,1-4H3. The Labute approximate surface area is 145 Å². The Kier molecular flexibility index (Phi) is 3.68. The zero-order valence-electron chi connectivity index (χ0n) is 14.9. The summed E-state index contributed by atoms with van der Waals surface area (Å²) in [5.74, 6) is 2.45. The van der Waals surface area contributed by atoms with Crippen LogP contribution in [0.5, 0.6) is 0 Å². The molecule has 4 heterocycles. The summed E-state index contributed by atoms with van der Waals surface area (Å²) in [5, 5.41) is 16.9. The van der Waals surface area contributed by atoms with Crippen molar-refractivity contribution in [3.8, 4) is 0 Å². The molecule has 0 saturated carbocycles. The SMILES string of the molecule is CN(Cc1ncno1)C1CN(c2ccc3nnc(C(C)(C)C)n3n2)C1. The Balaban J connectivity index is 1.47. The molecule has 1 fully saturated rings. The van der Waals surface area contributed by atoms with E-state index < -0.39 is 0 Å². The lowest BCUT2D eigenvalue weighted by atomic mass is 9.96. The second kappa shape index (κ2) is 5.76. The predicted octanol–water partition coefficient (Wildman–Crippen LogP) is 1.13. The van der Waals surface area contributed by atoms with E-state index in [4.69, 9.17) is 9.62 Å². The van der Waals surface area contributed by atoms with Crippen molar-refractivity contribution in [1.82, 2.24) is 34.9 Å². The topological polar surface area (TPSA) is 88.5 Å². The average Bonchev–Trinajstić information content (AvgIpc) is 3.13. The van der Waals surface area contributed by atoms with Gasteiger partial charge >= 0.3 is 0 Å². The van der Waals surface area contributed by atoms with E-state index in [9.17, 15) is 0 Å². The third-order valence-electron chi connectivity index (χ3n) is 4.52. The van der Waals surface area contributed by atoms with Crippen molar-refractivity contribution in [2.24, 2.45) is 0 Å². The highest BCUT2D eigenvalue weighted by Gasteiger charge is 2.32. The molecular weight excluding hydrogens is 320 g/mol. The largest absolute Gasteiger partial charge is 0.352 e. The van der Waals surface area contributed by atoms with Gasteiger partial charge in [0, 0.05) is 24.5 Å². The molecule has 132 valence electrons. The fourth-order valence-corrected chi connectivity index (χ4v) is 2.94. The molecule has 9 nitrogen and oxygen atoms in total. The van der Waals surface area contributed by atoms with Gasteiger partial charge in [-0.3, -0.25) is 4.90 Å². The first kappa shape index (κ1) is 15.9. The number of fused-ring (bicyclic) bond motifs is 1. The number of anilines is 1. The summed E-state index contributed by atoms with van der Waals surface area (Å²) in [6.45, 7) is 8.83. The first-order valence-electron chi connectivity index (χ1n) is 8.35. The zero-order valence-corrected chi connectivity index (χ0v) is 14.9. The summed E-state index contributed by atoms with van der Waals surface area (Å²) >= 11 is 0. The lowest BCUT2D eigenvalue weighted by molar-refractivity contribution is 0.174. The molecule has 3 aromatic heterocycles. The van der Waals surface area contributed by atoms with Crippen LogP contribution >= 0.6 is 0 Å². The lowest BCUT2D eigenvalue weighted by Crippen LogP contribution is -2.58. The Bertz CT molecular complexity index is 860. The van der Waals surface area contributed by atoms with E-state index in [2.05, 4.69) is 58.0 Å². The van der Waals surface area contributed by atoms with E-state index in [0.29, 0.717) is 18.5 Å². The van der Waals surface area contributed by atoms with Crippen LogP contribution in [0, 0.1) is 0 Å². The minimum atomic E-state index is -0.104. The summed E-state index contributed by atoms with van der Waals surface area (Å²) in [4.78, 5) is 8.55. The molecule has 0 amide bonds. The summed E-state index contributed by atoms with van der Waals surface area (Å²) in [7, 11) is 2.07.